The van der Waals surface area contributed by atoms with E-state index in [1.165, 1.54) is 0 Å². The Morgan fingerprint density at radius 1 is 0.938 bits per heavy atom. The van der Waals surface area contributed by atoms with Gasteiger partial charge in [-0.1, -0.05) is 24.3 Å². The summed E-state index contributed by atoms with van der Waals surface area (Å²) in [6, 6.07) is 17.4. The fourth-order valence-corrected chi connectivity index (χ4v) is 3.37. The van der Waals surface area contributed by atoms with E-state index in [1.807, 2.05) is 24.3 Å². The van der Waals surface area contributed by atoms with Gasteiger partial charge in [0.2, 0.25) is 5.91 Å². The van der Waals surface area contributed by atoms with Crippen molar-refractivity contribution in [1.29, 1.82) is 5.26 Å². The van der Waals surface area contributed by atoms with Crippen LogP contribution in [0.5, 0.6) is 0 Å². The van der Waals surface area contributed by atoms with E-state index in [4.69, 9.17) is 0 Å². The molecule has 0 atom stereocenters. The first-order valence-corrected chi connectivity index (χ1v) is 10.0. The van der Waals surface area contributed by atoms with Crippen molar-refractivity contribution in [3.05, 3.63) is 87.3 Å². The third-order valence-corrected chi connectivity index (χ3v) is 4.96. The van der Waals surface area contributed by atoms with E-state index in [0.29, 0.717) is 34.7 Å². The standard InChI is InChI=1S/C24H23N5O3/c1-15-20(16(2)26-23(31)21(15)14-25)11-12-22(30)27-18-9-6-10-19(13-18)29-24(32)28-17-7-4-3-5-8-17/h3-10,13H,11-12H2,1-2H3,(H,26,31)(H,27,30)(H2,28,29,32). The van der Waals surface area contributed by atoms with Gasteiger partial charge in [0, 0.05) is 29.2 Å². The summed E-state index contributed by atoms with van der Waals surface area (Å²) in [4.78, 5) is 39.1. The first-order valence-electron chi connectivity index (χ1n) is 10.0. The van der Waals surface area contributed by atoms with Crippen molar-refractivity contribution in [2.45, 2.75) is 26.7 Å². The molecule has 3 amide bonds. The maximum absolute atomic E-state index is 12.5. The van der Waals surface area contributed by atoms with E-state index in [2.05, 4.69) is 20.9 Å². The van der Waals surface area contributed by atoms with Crippen molar-refractivity contribution in [2.24, 2.45) is 0 Å². The Morgan fingerprint density at radius 3 is 2.25 bits per heavy atom. The highest BCUT2D eigenvalue weighted by molar-refractivity contribution is 6.00. The average Bonchev–Trinajstić information content (AvgIpc) is 2.74. The lowest BCUT2D eigenvalue weighted by Gasteiger charge is -2.12. The number of hydrogen-bond acceptors (Lipinski definition) is 4. The molecule has 2 aromatic carbocycles. The number of nitriles is 1. The van der Waals surface area contributed by atoms with Crippen molar-refractivity contribution in [3.63, 3.8) is 0 Å². The zero-order valence-electron chi connectivity index (χ0n) is 17.8. The molecule has 1 aromatic heterocycles. The lowest BCUT2D eigenvalue weighted by Crippen LogP contribution is -2.20. The Kier molecular flexibility index (Phi) is 7.03. The first-order chi connectivity index (χ1) is 15.4. The number of amides is 3. The van der Waals surface area contributed by atoms with Gasteiger partial charge < -0.3 is 20.9 Å². The third-order valence-electron chi connectivity index (χ3n) is 4.96. The fourth-order valence-electron chi connectivity index (χ4n) is 3.37. The second-order valence-electron chi connectivity index (χ2n) is 7.24. The predicted octanol–water partition coefficient (Wildman–Crippen LogP) is 4.08. The number of anilines is 3. The number of carbonyl (C=O) groups excluding carboxylic acids is 2. The third kappa shape index (κ3) is 5.61. The molecule has 0 saturated carbocycles. The summed E-state index contributed by atoms with van der Waals surface area (Å²) in [7, 11) is 0. The van der Waals surface area contributed by atoms with Crippen LogP contribution >= 0.6 is 0 Å². The molecule has 0 unspecified atom stereocenters. The highest BCUT2D eigenvalue weighted by Crippen LogP contribution is 2.18. The zero-order chi connectivity index (χ0) is 23.1. The van der Waals surface area contributed by atoms with Crippen LogP contribution in [0.1, 0.15) is 28.8 Å². The van der Waals surface area contributed by atoms with Crippen LogP contribution in [0.2, 0.25) is 0 Å². The number of rotatable bonds is 6. The molecule has 32 heavy (non-hydrogen) atoms. The van der Waals surface area contributed by atoms with E-state index in [9.17, 15) is 19.6 Å². The largest absolute Gasteiger partial charge is 0.326 e. The lowest BCUT2D eigenvalue weighted by atomic mass is 9.99. The van der Waals surface area contributed by atoms with Crippen molar-refractivity contribution in [3.8, 4) is 6.07 Å². The molecule has 0 aliphatic heterocycles. The van der Waals surface area contributed by atoms with E-state index in [1.54, 1.807) is 50.2 Å². The van der Waals surface area contributed by atoms with Crippen LogP contribution in [0.3, 0.4) is 0 Å². The number of hydrogen-bond donors (Lipinski definition) is 4. The predicted molar refractivity (Wildman–Crippen MR) is 124 cm³/mol. The monoisotopic (exact) mass is 429 g/mol. The van der Waals surface area contributed by atoms with Crippen LogP contribution in [-0.4, -0.2) is 16.9 Å². The smallest absolute Gasteiger partial charge is 0.323 e. The lowest BCUT2D eigenvalue weighted by molar-refractivity contribution is -0.116. The summed E-state index contributed by atoms with van der Waals surface area (Å²) in [6.45, 7) is 3.46. The molecule has 0 aliphatic carbocycles. The summed E-state index contributed by atoms with van der Waals surface area (Å²) < 4.78 is 0. The number of aromatic nitrogens is 1. The van der Waals surface area contributed by atoms with Gasteiger partial charge in [0.05, 0.1) is 0 Å². The number of benzene rings is 2. The topological polar surface area (TPSA) is 127 Å². The van der Waals surface area contributed by atoms with Crippen LogP contribution in [-0.2, 0) is 11.2 Å². The molecule has 0 radical (unpaired) electrons. The van der Waals surface area contributed by atoms with Crippen LogP contribution in [0.25, 0.3) is 0 Å². The van der Waals surface area contributed by atoms with Crippen molar-refractivity contribution >= 4 is 29.0 Å². The van der Waals surface area contributed by atoms with Gasteiger partial charge in [0.25, 0.3) is 5.56 Å². The Labute approximate surface area is 185 Å². The summed E-state index contributed by atoms with van der Waals surface area (Å²) in [5, 5.41) is 17.4. The molecule has 1 heterocycles. The van der Waals surface area contributed by atoms with Gasteiger partial charge in [0.1, 0.15) is 11.6 Å². The molecular formula is C24H23N5O3. The van der Waals surface area contributed by atoms with E-state index in [-0.39, 0.29) is 17.9 Å². The van der Waals surface area contributed by atoms with Gasteiger partial charge in [0.15, 0.2) is 0 Å². The van der Waals surface area contributed by atoms with Crippen LogP contribution < -0.4 is 21.5 Å². The van der Waals surface area contributed by atoms with Gasteiger partial charge in [-0.15, -0.1) is 0 Å². The number of nitrogens with one attached hydrogen (secondary N) is 4. The Bertz CT molecular complexity index is 1240. The Hall–Kier alpha value is -4.38. The summed E-state index contributed by atoms with van der Waals surface area (Å²) >= 11 is 0. The summed E-state index contributed by atoms with van der Waals surface area (Å²) in [5.41, 5.74) is 3.41. The molecule has 0 saturated heterocycles. The summed E-state index contributed by atoms with van der Waals surface area (Å²) in [6.07, 6.45) is 0.553. The highest BCUT2D eigenvalue weighted by atomic mass is 16.2. The molecule has 3 rings (SSSR count). The number of pyridine rings is 1. The van der Waals surface area contributed by atoms with E-state index >= 15 is 0 Å². The number of para-hydroxylation sites is 1. The first kappa shape index (κ1) is 22.3. The molecule has 162 valence electrons. The molecule has 0 aliphatic rings. The van der Waals surface area contributed by atoms with Gasteiger partial charge in [-0.2, -0.15) is 5.26 Å². The van der Waals surface area contributed by atoms with Gasteiger partial charge >= 0.3 is 6.03 Å². The maximum Gasteiger partial charge on any atom is 0.323 e. The molecule has 4 N–H and O–H groups in total. The molecular weight excluding hydrogens is 406 g/mol. The molecule has 0 fully saturated rings. The molecule has 0 bridgehead atoms. The fraction of sp³-hybridized carbons (Fsp3) is 0.167. The summed E-state index contributed by atoms with van der Waals surface area (Å²) in [5.74, 6) is -0.223. The van der Waals surface area contributed by atoms with E-state index in [0.717, 1.165) is 5.56 Å². The highest BCUT2D eigenvalue weighted by Gasteiger charge is 2.13. The normalized spacial score (nSPS) is 10.2. The second kappa shape index (κ2) is 10.1. The minimum Gasteiger partial charge on any atom is -0.326 e. The number of aryl methyl sites for hydroxylation is 1. The Balaban J connectivity index is 1.60. The second-order valence-corrected chi connectivity index (χ2v) is 7.24. The minimum atomic E-state index is -0.420. The van der Waals surface area contributed by atoms with Crippen LogP contribution in [0.15, 0.2) is 59.4 Å². The van der Waals surface area contributed by atoms with Gasteiger partial charge in [-0.25, -0.2) is 4.79 Å². The molecule has 3 aromatic rings. The molecule has 8 heteroatoms. The molecule has 8 nitrogen and oxygen atoms in total. The van der Waals surface area contributed by atoms with Crippen molar-refractivity contribution in [1.82, 2.24) is 4.98 Å². The molecule has 0 spiro atoms. The minimum absolute atomic E-state index is 0.0681. The number of nitrogens with zero attached hydrogens (tertiary/aromatic N) is 1. The zero-order valence-corrected chi connectivity index (χ0v) is 17.8. The Morgan fingerprint density at radius 2 is 1.56 bits per heavy atom. The number of carbonyl (C=O) groups is 2. The maximum atomic E-state index is 12.5. The van der Waals surface area contributed by atoms with E-state index < -0.39 is 11.6 Å². The van der Waals surface area contributed by atoms with Gasteiger partial charge in [-0.3, -0.25) is 9.59 Å². The van der Waals surface area contributed by atoms with Gasteiger partial charge in [-0.05, 0) is 61.7 Å². The van der Waals surface area contributed by atoms with Crippen molar-refractivity contribution < 1.29 is 9.59 Å². The van der Waals surface area contributed by atoms with Crippen LogP contribution in [0, 0.1) is 25.2 Å². The number of urea groups is 1. The number of aromatic amines is 1. The van der Waals surface area contributed by atoms with Crippen LogP contribution in [0.4, 0.5) is 21.9 Å². The van der Waals surface area contributed by atoms with Crippen molar-refractivity contribution in [2.75, 3.05) is 16.0 Å². The SMILES string of the molecule is Cc1[nH]c(=O)c(C#N)c(C)c1CCC(=O)Nc1cccc(NC(=O)Nc2ccccc2)c1. The number of H-pyrrole nitrogens is 1. The quantitative estimate of drug-likeness (QED) is 0.471. The average molecular weight is 429 g/mol.